The summed E-state index contributed by atoms with van der Waals surface area (Å²) in [6.07, 6.45) is 1.55. The highest BCUT2D eigenvalue weighted by Crippen LogP contribution is 2.20. The van der Waals surface area contributed by atoms with E-state index in [1.165, 1.54) is 18.2 Å². The largest absolute Gasteiger partial charge is 0.388 e. The fraction of sp³-hybridized carbons (Fsp3) is 0.0769. The Labute approximate surface area is 123 Å². The normalized spacial score (nSPS) is 10.1. The molecule has 19 heavy (non-hydrogen) atoms. The molecule has 0 saturated heterocycles. The number of halogens is 2. The second-order valence-corrected chi connectivity index (χ2v) is 4.92. The molecule has 0 aliphatic heterocycles. The van der Waals surface area contributed by atoms with Crippen LogP contribution in [0, 0.1) is 9.39 Å². The number of rotatable bonds is 3. The summed E-state index contributed by atoms with van der Waals surface area (Å²) >= 11 is 1.97. The van der Waals surface area contributed by atoms with Crippen molar-refractivity contribution in [3.05, 3.63) is 51.6 Å². The van der Waals surface area contributed by atoms with E-state index >= 15 is 0 Å². The average molecular weight is 371 g/mol. The first-order valence-corrected chi connectivity index (χ1v) is 6.58. The molecule has 6 heteroatoms. The van der Waals surface area contributed by atoms with Crippen molar-refractivity contribution < 1.29 is 9.18 Å². The van der Waals surface area contributed by atoms with E-state index in [2.05, 4.69) is 15.6 Å². The van der Waals surface area contributed by atoms with E-state index in [0.29, 0.717) is 15.0 Å². The molecule has 1 amide bonds. The van der Waals surface area contributed by atoms with Crippen LogP contribution in [-0.2, 0) is 0 Å². The SMILES string of the molecule is CNc1ccnc(C(=O)Nc2ccc(F)cc2I)c1. The van der Waals surface area contributed by atoms with Crippen molar-refractivity contribution in [3.63, 3.8) is 0 Å². The summed E-state index contributed by atoms with van der Waals surface area (Å²) < 4.78 is 13.6. The topological polar surface area (TPSA) is 54.0 Å². The maximum absolute atomic E-state index is 13.0. The minimum absolute atomic E-state index is 0.298. The summed E-state index contributed by atoms with van der Waals surface area (Å²) in [5.74, 6) is -0.667. The first kappa shape index (κ1) is 13.7. The zero-order valence-electron chi connectivity index (χ0n) is 10.1. The van der Waals surface area contributed by atoms with Crippen molar-refractivity contribution in [3.8, 4) is 0 Å². The van der Waals surface area contributed by atoms with E-state index < -0.39 is 0 Å². The molecule has 2 rings (SSSR count). The molecule has 4 nitrogen and oxygen atoms in total. The van der Waals surface area contributed by atoms with Crippen LogP contribution in [-0.4, -0.2) is 17.9 Å². The molecule has 98 valence electrons. The summed E-state index contributed by atoms with van der Waals surface area (Å²) in [5, 5.41) is 5.64. The summed E-state index contributed by atoms with van der Waals surface area (Å²) in [6, 6.07) is 7.59. The highest BCUT2D eigenvalue weighted by molar-refractivity contribution is 14.1. The van der Waals surface area contributed by atoms with E-state index in [0.717, 1.165) is 5.69 Å². The highest BCUT2D eigenvalue weighted by atomic mass is 127. The molecule has 0 spiro atoms. The monoisotopic (exact) mass is 371 g/mol. The summed E-state index contributed by atoms with van der Waals surface area (Å²) in [5.41, 5.74) is 1.66. The molecule has 0 aliphatic carbocycles. The molecule has 0 unspecified atom stereocenters. The van der Waals surface area contributed by atoms with Gasteiger partial charge in [-0.1, -0.05) is 0 Å². The number of nitrogens with one attached hydrogen (secondary N) is 2. The van der Waals surface area contributed by atoms with E-state index in [1.54, 1.807) is 25.4 Å². The summed E-state index contributed by atoms with van der Waals surface area (Å²) in [6.45, 7) is 0. The van der Waals surface area contributed by atoms with Gasteiger partial charge < -0.3 is 10.6 Å². The van der Waals surface area contributed by atoms with Crippen molar-refractivity contribution in [1.29, 1.82) is 0 Å². The molecule has 0 aliphatic rings. The van der Waals surface area contributed by atoms with Crippen LogP contribution < -0.4 is 10.6 Å². The first-order chi connectivity index (χ1) is 9.10. The lowest BCUT2D eigenvalue weighted by atomic mass is 10.2. The summed E-state index contributed by atoms with van der Waals surface area (Å²) in [4.78, 5) is 16.0. The Bertz CT molecular complexity index is 619. The lowest BCUT2D eigenvalue weighted by Gasteiger charge is -2.08. The van der Waals surface area contributed by atoms with Crippen LogP contribution in [0.2, 0.25) is 0 Å². The number of hydrogen-bond acceptors (Lipinski definition) is 3. The number of carbonyl (C=O) groups excluding carboxylic acids is 1. The van der Waals surface area contributed by atoms with Crippen LogP contribution in [0.3, 0.4) is 0 Å². The van der Waals surface area contributed by atoms with Crippen molar-refractivity contribution in [2.45, 2.75) is 0 Å². The van der Waals surface area contributed by atoms with Gasteiger partial charge in [-0.15, -0.1) is 0 Å². The third-order valence-corrected chi connectivity index (χ3v) is 3.35. The van der Waals surface area contributed by atoms with Crippen LogP contribution in [0.25, 0.3) is 0 Å². The number of amides is 1. The van der Waals surface area contributed by atoms with Gasteiger partial charge in [0.2, 0.25) is 0 Å². The molecule has 1 aromatic carbocycles. The van der Waals surface area contributed by atoms with Gasteiger partial charge in [0.15, 0.2) is 0 Å². The van der Waals surface area contributed by atoms with Gasteiger partial charge in [0, 0.05) is 22.5 Å². The van der Waals surface area contributed by atoms with Crippen molar-refractivity contribution in [1.82, 2.24) is 4.98 Å². The van der Waals surface area contributed by atoms with Crippen molar-refractivity contribution in [2.75, 3.05) is 17.7 Å². The number of pyridine rings is 1. The Morgan fingerprint density at radius 2 is 2.11 bits per heavy atom. The molecule has 0 fully saturated rings. The Kier molecular flexibility index (Phi) is 4.31. The number of benzene rings is 1. The van der Waals surface area contributed by atoms with Crippen LogP contribution in [0.4, 0.5) is 15.8 Å². The van der Waals surface area contributed by atoms with E-state index in [-0.39, 0.29) is 11.7 Å². The van der Waals surface area contributed by atoms with Gasteiger partial charge in [-0.25, -0.2) is 4.39 Å². The second kappa shape index (κ2) is 5.96. The minimum Gasteiger partial charge on any atom is -0.388 e. The van der Waals surface area contributed by atoms with E-state index in [4.69, 9.17) is 0 Å². The highest BCUT2D eigenvalue weighted by Gasteiger charge is 2.10. The lowest BCUT2D eigenvalue weighted by Crippen LogP contribution is -2.14. The van der Waals surface area contributed by atoms with Gasteiger partial charge in [0.25, 0.3) is 5.91 Å². The molecule has 2 N–H and O–H groups in total. The maximum atomic E-state index is 13.0. The molecule has 1 aromatic heterocycles. The Morgan fingerprint density at radius 3 is 2.79 bits per heavy atom. The van der Waals surface area contributed by atoms with Crippen LogP contribution in [0.1, 0.15) is 10.5 Å². The van der Waals surface area contributed by atoms with Gasteiger partial charge in [0.1, 0.15) is 11.5 Å². The Morgan fingerprint density at radius 1 is 1.32 bits per heavy atom. The predicted molar refractivity (Wildman–Crippen MR) is 80.9 cm³/mol. The predicted octanol–water partition coefficient (Wildman–Crippen LogP) is 3.12. The number of hydrogen-bond donors (Lipinski definition) is 2. The molecular weight excluding hydrogens is 360 g/mol. The molecule has 0 atom stereocenters. The second-order valence-electron chi connectivity index (χ2n) is 3.76. The molecule has 0 saturated carbocycles. The number of nitrogens with zero attached hydrogens (tertiary/aromatic N) is 1. The van der Waals surface area contributed by atoms with Gasteiger partial charge >= 0.3 is 0 Å². The maximum Gasteiger partial charge on any atom is 0.274 e. The lowest BCUT2D eigenvalue weighted by molar-refractivity contribution is 0.102. The quantitative estimate of drug-likeness (QED) is 0.816. The zero-order valence-corrected chi connectivity index (χ0v) is 12.2. The van der Waals surface area contributed by atoms with E-state index in [9.17, 15) is 9.18 Å². The third kappa shape index (κ3) is 3.40. The average Bonchev–Trinajstić information content (AvgIpc) is 2.42. The van der Waals surface area contributed by atoms with Crippen molar-refractivity contribution in [2.24, 2.45) is 0 Å². The van der Waals surface area contributed by atoms with Crippen LogP contribution >= 0.6 is 22.6 Å². The number of carbonyl (C=O) groups is 1. The Balaban J connectivity index is 2.20. The molecule has 2 aromatic rings. The minimum atomic E-state index is -0.335. The fourth-order valence-electron chi connectivity index (χ4n) is 1.49. The fourth-order valence-corrected chi connectivity index (χ4v) is 2.10. The number of anilines is 2. The zero-order chi connectivity index (χ0) is 13.8. The number of aromatic nitrogens is 1. The van der Waals surface area contributed by atoms with Crippen LogP contribution in [0.5, 0.6) is 0 Å². The molecular formula is C13H11FIN3O. The standard InChI is InChI=1S/C13H11FIN3O/c1-16-9-4-5-17-12(7-9)13(19)18-11-3-2-8(14)6-10(11)15/h2-7H,1H3,(H,16,17)(H,18,19). The molecule has 0 radical (unpaired) electrons. The first-order valence-electron chi connectivity index (χ1n) is 5.50. The third-order valence-electron chi connectivity index (χ3n) is 2.46. The van der Waals surface area contributed by atoms with E-state index in [1.807, 2.05) is 22.6 Å². The van der Waals surface area contributed by atoms with Gasteiger partial charge in [-0.2, -0.15) is 0 Å². The Hall–Kier alpha value is -1.70. The summed E-state index contributed by atoms with van der Waals surface area (Å²) in [7, 11) is 1.76. The van der Waals surface area contributed by atoms with Gasteiger partial charge in [-0.3, -0.25) is 9.78 Å². The van der Waals surface area contributed by atoms with Crippen molar-refractivity contribution >= 4 is 39.9 Å². The van der Waals surface area contributed by atoms with Crippen LogP contribution in [0.15, 0.2) is 36.5 Å². The van der Waals surface area contributed by atoms with Gasteiger partial charge in [0.05, 0.1) is 5.69 Å². The molecule has 0 bridgehead atoms. The molecule has 1 heterocycles. The van der Waals surface area contributed by atoms with Gasteiger partial charge in [-0.05, 0) is 52.9 Å². The smallest absolute Gasteiger partial charge is 0.274 e.